The van der Waals surface area contributed by atoms with E-state index in [4.69, 9.17) is 17.3 Å². The Morgan fingerprint density at radius 1 is 1.29 bits per heavy atom. The van der Waals surface area contributed by atoms with Crippen molar-refractivity contribution in [3.63, 3.8) is 0 Å². The van der Waals surface area contributed by atoms with E-state index < -0.39 is 0 Å². The van der Waals surface area contributed by atoms with Crippen molar-refractivity contribution in [3.8, 4) is 0 Å². The summed E-state index contributed by atoms with van der Waals surface area (Å²) < 4.78 is 13.9. The first-order chi connectivity index (χ1) is 8.09. The predicted octanol–water partition coefficient (Wildman–Crippen LogP) is 4.31. The second-order valence-electron chi connectivity index (χ2n) is 5.19. The molecule has 3 heteroatoms. The molecule has 1 aromatic rings. The third-order valence-electron chi connectivity index (χ3n) is 3.91. The van der Waals surface area contributed by atoms with Crippen LogP contribution in [-0.4, -0.2) is 0 Å². The van der Waals surface area contributed by atoms with E-state index in [2.05, 4.69) is 6.92 Å². The zero-order valence-corrected chi connectivity index (χ0v) is 10.9. The summed E-state index contributed by atoms with van der Waals surface area (Å²) in [5.41, 5.74) is 6.75. The van der Waals surface area contributed by atoms with Crippen molar-refractivity contribution in [3.05, 3.63) is 34.6 Å². The molecule has 1 atom stereocenters. The highest BCUT2D eigenvalue weighted by Crippen LogP contribution is 2.36. The molecule has 0 bridgehead atoms. The van der Waals surface area contributed by atoms with Crippen LogP contribution >= 0.6 is 11.6 Å². The Bertz CT molecular complexity index is 386. The maximum absolute atomic E-state index is 13.9. The van der Waals surface area contributed by atoms with Gasteiger partial charge in [0, 0.05) is 11.6 Å². The van der Waals surface area contributed by atoms with E-state index in [9.17, 15) is 4.39 Å². The summed E-state index contributed by atoms with van der Waals surface area (Å²) >= 11 is 5.79. The van der Waals surface area contributed by atoms with Crippen molar-refractivity contribution in [2.45, 2.75) is 38.6 Å². The van der Waals surface area contributed by atoms with Gasteiger partial charge in [0.1, 0.15) is 5.82 Å². The van der Waals surface area contributed by atoms with Gasteiger partial charge in [0.25, 0.3) is 0 Å². The Morgan fingerprint density at radius 2 is 1.94 bits per heavy atom. The smallest absolute Gasteiger partial charge is 0.146 e. The lowest BCUT2D eigenvalue weighted by molar-refractivity contribution is 0.253. The summed E-state index contributed by atoms with van der Waals surface area (Å²) in [6, 6.07) is 4.87. The molecule has 94 valence electrons. The van der Waals surface area contributed by atoms with Gasteiger partial charge >= 0.3 is 0 Å². The Labute approximate surface area is 107 Å². The van der Waals surface area contributed by atoms with Crippen LogP contribution < -0.4 is 5.73 Å². The predicted molar refractivity (Wildman–Crippen MR) is 69.5 cm³/mol. The molecule has 0 saturated heterocycles. The molecule has 1 saturated carbocycles. The molecule has 1 nitrogen and oxygen atoms in total. The van der Waals surface area contributed by atoms with Crippen molar-refractivity contribution >= 4 is 11.6 Å². The fourth-order valence-corrected chi connectivity index (χ4v) is 2.86. The first-order valence-corrected chi connectivity index (χ1v) is 6.67. The Hall–Kier alpha value is -0.600. The normalized spacial score (nSPS) is 26.8. The van der Waals surface area contributed by atoms with Crippen LogP contribution in [0.25, 0.3) is 0 Å². The standard InChI is InChI=1S/C14H19ClFN/c1-9-5-7-10(8-6-9)14(17)11-3-2-4-12(15)13(11)16/h2-4,9-10,14H,5-8,17H2,1H3. The molecular weight excluding hydrogens is 237 g/mol. The van der Waals surface area contributed by atoms with Crippen LogP contribution in [0.5, 0.6) is 0 Å². The number of nitrogens with two attached hydrogens (primary N) is 1. The number of rotatable bonds is 2. The van der Waals surface area contributed by atoms with Gasteiger partial charge in [-0.1, -0.05) is 43.5 Å². The van der Waals surface area contributed by atoms with Gasteiger partial charge in [-0.2, -0.15) is 0 Å². The molecule has 1 unspecified atom stereocenters. The summed E-state index contributed by atoms with van der Waals surface area (Å²) in [4.78, 5) is 0. The van der Waals surface area contributed by atoms with Gasteiger partial charge in [0.15, 0.2) is 0 Å². The monoisotopic (exact) mass is 255 g/mol. The van der Waals surface area contributed by atoms with Crippen LogP contribution in [0.2, 0.25) is 5.02 Å². The zero-order valence-electron chi connectivity index (χ0n) is 10.1. The minimum absolute atomic E-state index is 0.169. The summed E-state index contributed by atoms with van der Waals surface area (Å²) in [5, 5.41) is 0.169. The van der Waals surface area contributed by atoms with Crippen molar-refractivity contribution in [2.24, 2.45) is 17.6 Å². The third kappa shape index (κ3) is 2.80. The molecule has 2 N–H and O–H groups in total. The van der Waals surface area contributed by atoms with Gasteiger partial charge in [-0.25, -0.2) is 4.39 Å². The van der Waals surface area contributed by atoms with Crippen LogP contribution in [-0.2, 0) is 0 Å². The molecule has 1 fully saturated rings. The van der Waals surface area contributed by atoms with E-state index in [-0.39, 0.29) is 16.9 Å². The maximum atomic E-state index is 13.9. The second kappa shape index (κ2) is 5.36. The highest BCUT2D eigenvalue weighted by molar-refractivity contribution is 6.30. The highest BCUT2D eigenvalue weighted by Gasteiger charge is 2.26. The summed E-state index contributed by atoms with van der Waals surface area (Å²) in [6.07, 6.45) is 4.57. The van der Waals surface area contributed by atoms with E-state index in [0.717, 1.165) is 18.8 Å². The fourth-order valence-electron chi connectivity index (χ4n) is 2.68. The molecule has 0 radical (unpaired) electrons. The fraction of sp³-hybridized carbons (Fsp3) is 0.571. The zero-order chi connectivity index (χ0) is 12.4. The van der Waals surface area contributed by atoms with E-state index in [1.165, 1.54) is 12.8 Å². The lowest BCUT2D eigenvalue weighted by Gasteiger charge is -2.31. The van der Waals surface area contributed by atoms with Crippen LogP contribution in [0.15, 0.2) is 18.2 Å². The summed E-state index contributed by atoms with van der Waals surface area (Å²) in [7, 11) is 0. The van der Waals surface area contributed by atoms with Crippen LogP contribution in [0.4, 0.5) is 4.39 Å². The largest absolute Gasteiger partial charge is 0.324 e. The lowest BCUT2D eigenvalue weighted by atomic mass is 9.77. The van der Waals surface area contributed by atoms with Gasteiger partial charge in [-0.15, -0.1) is 0 Å². The molecule has 2 rings (SSSR count). The number of hydrogen-bond acceptors (Lipinski definition) is 1. The van der Waals surface area contributed by atoms with Gasteiger partial charge < -0.3 is 5.73 Å². The first kappa shape index (κ1) is 12.8. The molecule has 1 aliphatic rings. The molecule has 0 heterocycles. The first-order valence-electron chi connectivity index (χ1n) is 6.29. The molecule has 1 aromatic carbocycles. The average Bonchev–Trinajstić information content (AvgIpc) is 2.33. The average molecular weight is 256 g/mol. The SMILES string of the molecule is CC1CCC(C(N)c2cccc(Cl)c2F)CC1. The molecular formula is C14H19ClFN. The van der Waals surface area contributed by atoms with Gasteiger partial charge in [-0.05, 0) is 30.7 Å². The van der Waals surface area contributed by atoms with E-state index in [1.807, 2.05) is 0 Å². The molecule has 0 amide bonds. The van der Waals surface area contributed by atoms with Crippen molar-refractivity contribution in [1.82, 2.24) is 0 Å². The van der Waals surface area contributed by atoms with Crippen LogP contribution in [0.3, 0.4) is 0 Å². The Balaban J connectivity index is 2.14. The topological polar surface area (TPSA) is 26.0 Å². The van der Waals surface area contributed by atoms with Gasteiger partial charge in [0.05, 0.1) is 5.02 Å². The lowest BCUT2D eigenvalue weighted by Crippen LogP contribution is -2.26. The Morgan fingerprint density at radius 3 is 2.59 bits per heavy atom. The van der Waals surface area contributed by atoms with Gasteiger partial charge in [0.2, 0.25) is 0 Å². The third-order valence-corrected chi connectivity index (χ3v) is 4.20. The quantitative estimate of drug-likeness (QED) is 0.838. The van der Waals surface area contributed by atoms with Crippen LogP contribution in [0.1, 0.15) is 44.2 Å². The van der Waals surface area contributed by atoms with Crippen molar-refractivity contribution in [1.29, 1.82) is 0 Å². The summed E-state index contributed by atoms with van der Waals surface area (Å²) in [5.74, 6) is 0.821. The second-order valence-corrected chi connectivity index (χ2v) is 5.60. The molecule has 0 aromatic heterocycles. The molecule has 0 spiro atoms. The van der Waals surface area contributed by atoms with E-state index in [1.54, 1.807) is 18.2 Å². The molecule has 1 aliphatic carbocycles. The molecule has 0 aliphatic heterocycles. The van der Waals surface area contributed by atoms with Crippen molar-refractivity contribution in [2.75, 3.05) is 0 Å². The minimum atomic E-state index is -0.347. The number of halogens is 2. The van der Waals surface area contributed by atoms with Gasteiger partial charge in [-0.3, -0.25) is 0 Å². The van der Waals surface area contributed by atoms with E-state index >= 15 is 0 Å². The van der Waals surface area contributed by atoms with Crippen LogP contribution in [0, 0.1) is 17.7 Å². The van der Waals surface area contributed by atoms with E-state index in [0.29, 0.717) is 11.5 Å². The highest BCUT2D eigenvalue weighted by atomic mass is 35.5. The minimum Gasteiger partial charge on any atom is -0.324 e. The Kier molecular flexibility index (Phi) is 4.05. The van der Waals surface area contributed by atoms with Crippen molar-refractivity contribution < 1.29 is 4.39 Å². The number of benzene rings is 1. The summed E-state index contributed by atoms with van der Waals surface area (Å²) in [6.45, 7) is 2.27. The number of hydrogen-bond donors (Lipinski definition) is 1. The maximum Gasteiger partial charge on any atom is 0.146 e. The molecule has 17 heavy (non-hydrogen) atoms.